The Kier molecular flexibility index (Phi) is 11.8. The van der Waals surface area contributed by atoms with E-state index in [0.29, 0.717) is 13.0 Å². The van der Waals surface area contributed by atoms with Crippen LogP contribution in [-0.2, 0) is 4.79 Å². The Morgan fingerprint density at radius 1 is 0.824 bits per heavy atom. The van der Waals surface area contributed by atoms with Gasteiger partial charge in [0.05, 0.1) is 9.85 Å². The van der Waals surface area contributed by atoms with Gasteiger partial charge >= 0.3 is 0 Å². The van der Waals surface area contributed by atoms with Crippen molar-refractivity contribution in [3.05, 3.63) is 68.8 Å². The van der Waals surface area contributed by atoms with Crippen molar-refractivity contribution in [2.45, 2.75) is 35.7 Å². The minimum atomic E-state index is -1.83. The van der Waals surface area contributed by atoms with Crippen LogP contribution < -0.4 is 0 Å². The quantitative estimate of drug-likeness (QED) is 0.287. The fourth-order valence-electron chi connectivity index (χ4n) is 2.59. The number of likely N-dealkylation sites (tertiary alicyclic amines) is 1. The van der Waals surface area contributed by atoms with E-state index in [4.69, 9.17) is 45.0 Å². The number of benzene rings is 2. The molecule has 3 rings (SSSR count). The second-order valence-electron chi connectivity index (χ2n) is 6.86. The number of carbonyl (C=O) groups excluding carboxylic acids is 1. The van der Waals surface area contributed by atoms with Crippen LogP contribution in [0.5, 0.6) is 11.5 Å². The predicted molar refractivity (Wildman–Crippen MR) is 126 cm³/mol. The van der Waals surface area contributed by atoms with E-state index >= 15 is 0 Å². The lowest BCUT2D eigenvalue weighted by atomic mass is 10.2. The van der Waals surface area contributed by atoms with E-state index in [2.05, 4.69) is 0 Å². The van der Waals surface area contributed by atoms with Crippen LogP contribution in [0.15, 0.2) is 48.5 Å². The summed E-state index contributed by atoms with van der Waals surface area (Å²) in [6.45, 7) is 0.452. The van der Waals surface area contributed by atoms with Gasteiger partial charge in [-0.1, -0.05) is 41.2 Å². The molecule has 34 heavy (non-hydrogen) atoms. The lowest BCUT2D eigenvalue weighted by Gasteiger charge is -2.31. The predicted octanol–water partition coefficient (Wildman–Crippen LogP) is 4.68. The molecule has 0 aliphatic carbocycles. The van der Waals surface area contributed by atoms with Crippen molar-refractivity contribution in [3.8, 4) is 11.5 Å². The Morgan fingerprint density at radius 3 is 1.59 bits per heavy atom. The second-order valence-corrected chi connectivity index (χ2v) is 9.23. The Hall–Kier alpha value is -2.86. The summed E-state index contributed by atoms with van der Waals surface area (Å²) in [5, 5.41) is 47.1. The van der Waals surface area contributed by atoms with Gasteiger partial charge < -0.3 is 20.2 Å². The van der Waals surface area contributed by atoms with Crippen LogP contribution in [0.25, 0.3) is 0 Å². The van der Waals surface area contributed by atoms with Crippen LogP contribution in [0.2, 0.25) is 0 Å². The van der Waals surface area contributed by atoms with E-state index in [9.17, 15) is 30.1 Å². The summed E-state index contributed by atoms with van der Waals surface area (Å²) in [6, 6.07) is 10.1. The zero-order chi connectivity index (χ0) is 25.9. The average molecular weight is 539 g/mol. The molecule has 1 aliphatic heterocycles. The van der Waals surface area contributed by atoms with Crippen LogP contribution in [-0.4, -0.2) is 52.5 Å². The highest BCUT2D eigenvalue weighted by Gasteiger charge is 2.38. The van der Waals surface area contributed by atoms with E-state index in [1.807, 2.05) is 0 Å². The van der Waals surface area contributed by atoms with Crippen LogP contribution in [0, 0.1) is 20.2 Å². The van der Waals surface area contributed by atoms with Crippen molar-refractivity contribution in [2.75, 3.05) is 6.54 Å². The molecule has 1 fully saturated rings. The number of rotatable bonds is 3. The average Bonchev–Trinajstić information content (AvgIpc) is 2.98. The molecule has 1 heterocycles. The van der Waals surface area contributed by atoms with E-state index in [0.717, 1.165) is 19.3 Å². The maximum Gasteiger partial charge on any atom is 0.269 e. The number of nitro benzene ring substituents is 2. The minimum Gasteiger partial charge on any atom is -0.508 e. The summed E-state index contributed by atoms with van der Waals surface area (Å²) in [6.07, 6.45) is 1.70. The van der Waals surface area contributed by atoms with Gasteiger partial charge in [-0.3, -0.25) is 25.0 Å². The first-order valence-electron chi connectivity index (χ1n) is 9.74. The topological polar surface area (TPSA) is 167 Å². The van der Waals surface area contributed by atoms with Gasteiger partial charge in [0.25, 0.3) is 11.4 Å². The number of aliphatic hydroxyl groups is 1. The molecular weight excluding hydrogens is 517 g/mol. The summed E-state index contributed by atoms with van der Waals surface area (Å²) in [4.78, 5) is 31.8. The monoisotopic (exact) mass is 537 g/mol. The number of non-ortho nitro benzene ring substituents is 2. The fraction of sp³-hybridized carbons (Fsp3) is 0.350. The minimum absolute atomic E-state index is 0.0159. The molecule has 1 aliphatic rings. The fourth-order valence-corrected chi connectivity index (χ4v) is 2.94. The number of alkyl halides is 3. The van der Waals surface area contributed by atoms with Crippen molar-refractivity contribution >= 4 is 52.1 Å². The van der Waals surface area contributed by atoms with Crippen molar-refractivity contribution in [1.29, 1.82) is 0 Å². The van der Waals surface area contributed by atoms with Gasteiger partial charge in [-0.2, -0.15) is 0 Å². The van der Waals surface area contributed by atoms with Gasteiger partial charge in [-0.15, -0.1) is 0 Å². The smallest absolute Gasteiger partial charge is 0.269 e. The number of carbonyl (C=O) groups is 1. The van der Waals surface area contributed by atoms with E-state index in [1.165, 1.54) is 53.4 Å². The van der Waals surface area contributed by atoms with Gasteiger partial charge in [0.15, 0.2) is 6.23 Å². The van der Waals surface area contributed by atoms with E-state index in [1.54, 1.807) is 0 Å². The third-order valence-electron chi connectivity index (χ3n) is 4.32. The van der Waals surface area contributed by atoms with Gasteiger partial charge in [-0.25, -0.2) is 0 Å². The van der Waals surface area contributed by atoms with Gasteiger partial charge in [0.2, 0.25) is 9.70 Å². The third-order valence-corrected chi connectivity index (χ3v) is 4.90. The highest BCUT2D eigenvalue weighted by atomic mass is 35.6. The Labute approximate surface area is 209 Å². The number of aliphatic hydroxyl groups excluding tert-OH is 1. The molecule has 14 heteroatoms. The molecule has 1 saturated heterocycles. The van der Waals surface area contributed by atoms with Gasteiger partial charge in [0.1, 0.15) is 11.5 Å². The van der Waals surface area contributed by atoms with E-state index in [-0.39, 0.29) is 28.8 Å². The number of hydrogen-bond acceptors (Lipinski definition) is 8. The second kappa shape index (κ2) is 13.8. The van der Waals surface area contributed by atoms with Crippen LogP contribution in [0.4, 0.5) is 11.4 Å². The number of phenols is 2. The van der Waals surface area contributed by atoms with Gasteiger partial charge in [-0.05, 0) is 37.1 Å². The largest absolute Gasteiger partial charge is 0.508 e. The molecule has 1 atom stereocenters. The summed E-state index contributed by atoms with van der Waals surface area (Å²) in [5.41, 5.74) is -0.0319. The Bertz CT molecular complexity index is 898. The summed E-state index contributed by atoms with van der Waals surface area (Å²) < 4.78 is -1.83. The van der Waals surface area contributed by atoms with Crippen molar-refractivity contribution in [1.82, 2.24) is 4.90 Å². The highest BCUT2D eigenvalue weighted by molar-refractivity contribution is 6.68. The summed E-state index contributed by atoms with van der Waals surface area (Å²) in [5.74, 6) is -0.0856. The number of nitrogens with zero attached hydrogens (tertiary/aromatic N) is 3. The molecule has 2 aromatic rings. The van der Waals surface area contributed by atoms with Gasteiger partial charge in [0, 0.05) is 37.2 Å². The number of amides is 1. The zero-order valence-corrected chi connectivity index (χ0v) is 19.9. The Balaban J connectivity index is 0.000000261. The van der Waals surface area contributed by atoms with Crippen LogP contribution in [0.3, 0.4) is 0 Å². The molecule has 0 spiro atoms. The molecule has 0 bridgehead atoms. The normalized spacial score (nSPS) is 14.5. The molecule has 1 amide bonds. The highest BCUT2D eigenvalue weighted by Crippen LogP contribution is 2.33. The van der Waals surface area contributed by atoms with E-state index < -0.39 is 19.9 Å². The summed E-state index contributed by atoms with van der Waals surface area (Å²) in [7, 11) is 0. The molecule has 3 N–H and O–H groups in total. The zero-order valence-electron chi connectivity index (χ0n) is 17.6. The Morgan fingerprint density at radius 2 is 1.24 bits per heavy atom. The lowest BCUT2D eigenvalue weighted by molar-refractivity contribution is -0.385. The maximum atomic E-state index is 11.5. The molecular formula is C20H22Cl3N3O8. The number of nitro groups is 2. The maximum absolute atomic E-state index is 11.5. The number of phenolic OH excluding ortho intramolecular Hbond substituents is 2. The molecule has 186 valence electrons. The molecule has 0 radical (unpaired) electrons. The van der Waals surface area contributed by atoms with Crippen LogP contribution in [0.1, 0.15) is 25.7 Å². The number of hydrogen-bond donors (Lipinski definition) is 3. The first-order valence-corrected chi connectivity index (χ1v) is 10.9. The number of aromatic hydroxyl groups is 2. The molecule has 0 saturated carbocycles. The molecule has 2 aromatic carbocycles. The molecule has 1 unspecified atom stereocenters. The van der Waals surface area contributed by atoms with Crippen molar-refractivity contribution < 1.29 is 30.0 Å². The molecule has 11 nitrogen and oxygen atoms in total. The summed E-state index contributed by atoms with van der Waals surface area (Å²) >= 11 is 16.6. The SMILES string of the molecule is O=C1CCCCCN1C(O)C(Cl)(Cl)Cl.O=[N+]([O-])c1ccc(O)cc1.O=[N+]([O-])c1ccc(O)cc1. The first kappa shape index (κ1) is 29.2. The number of halogens is 3. The third kappa shape index (κ3) is 10.4. The molecule has 0 aromatic heterocycles. The lowest BCUT2D eigenvalue weighted by Crippen LogP contribution is -2.47. The van der Waals surface area contributed by atoms with Crippen molar-refractivity contribution in [3.63, 3.8) is 0 Å². The van der Waals surface area contributed by atoms with Crippen LogP contribution >= 0.6 is 34.8 Å². The first-order chi connectivity index (χ1) is 15.8. The van der Waals surface area contributed by atoms with Crippen molar-refractivity contribution in [2.24, 2.45) is 0 Å². The standard InChI is InChI=1S/C8H12Cl3NO2.2C6H5NO3/c9-8(10,11)7(14)12-5-3-1-2-4-6(12)13;2*8-6-3-1-5(2-4-6)7(9)10/h7,14H,1-5H2;2*1-4,8H.